The molecule has 18 nitrogen and oxygen atoms in total. The fourth-order valence-electron chi connectivity index (χ4n) is 2.20. The van der Waals surface area contributed by atoms with Gasteiger partial charge in [-0.15, -0.1) is 0 Å². The molecular weight excluding hydrogens is 518 g/mol. The molecule has 1 aliphatic rings. The average molecular weight is 529 g/mol. The second-order valence-electron chi connectivity index (χ2n) is 5.42. The second-order valence-corrected chi connectivity index (χ2v) is 10.1. The van der Waals surface area contributed by atoms with Crippen LogP contribution in [0.15, 0.2) is 22.2 Å². The average Bonchev–Trinajstić information content (AvgIpc) is 2.76. The highest BCUT2D eigenvalue weighted by Gasteiger charge is 2.61. The van der Waals surface area contributed by atoms with Gasteiger partial charge in [-0.3, -0.25) is 14.3 Å². The Labute approximate surface area is 173 Å². The van der Waals surface area contributed by atoms with E-state index in [9.17, 15) is 32.9 Å². The second kappa shape index (κ2) is 8.90. The number of aromatic amines is 1. The normalized spacial score (nSPS) is 30.2. The molecule has 1 fully saturated rings. The molecule has 1 saturated heterocycles. The standard InChI is InChI=1S/C8H11FN5O13P3S/c9-4-5(16)8(12-13-10,24-6(4)14-2-1-3(15)11-7(14)31)25-29(20,21)27-30(22,23)26-28(17,18)19/h1-2,4-6,16H,(H,20,21)(H,22,23)(H,11,15,31)(H2,17,18,19)/t4?,5-,6-,8+/m1/s1. The number of rotatable bonds is 8. The first-order valence-electron chi connectivity index (χ1n) is 7.23. The lowest BCUT2D eigenvalue weighted by atomic mass is 10.2. The zero-order valence-electron chi connectivity index (χ0n) is 14.3. The van der Waals surface area contributed by atoms with Crippen LogP contribution in [0.25, 0.3) is 10.4 Å². The third-order valence-electron chi connectivity index (χ3n) is 3.21. The lowest BCUT2D eigenvalue weighted by molar-refractivity contribution is -0.222. The highest BCUT2D eigenvalue weighted by molar-refractivity contribution is 7.71. The largest absolute Gasteiger partial charge is 0.490 e. The molecule has 0 aromatic carbocycles. The number of nitrogens with one attached hydrogen (secondary N) is 1. The Morgan fingerprint density at radius 3 is 2.42 bits per heavy atom. The molecule has 23 heteroatoms. The van der Waals surface area contributed by atoms with Crippen molar-refractivity contribution in [3.63, 3.8) is 0 Å². The van der Waals surface area contributed by atoms with Crippen LogP contribution in [0.5, 0.6) is 0 Å². The quantitative estimate of drug-likeness (QED) is 0.0877. The number of azide groups is 1. The van der Waals surface area contributed by atoms with Crippen molar-refractivity contribution in [1.82, 2.24) is 9.55 Å². The minimum Gasteiger partial charge on any atom is -0.384 e. The number of hydrogen-bond acceptors (Lipinski definition) is 11. The lowest BCUT2D eigenvalue weighted by Crippen LogP contribution is -2.42. The molecule has 1 aromatic rings. The van der Waals surface area contributed by atoms with Crippen molar-refractivity contribution in [3.05, 3.63) is 37.8 Å². The molecule has 0 radical (unpaired) electrons. The van der Waals surface area contributed by atoms with Gasteiger partial charge in [-0.2, -0.15) is 8.62 Å². The van der Waals surface area contributed by atoms with E-state index in [-0.39, 0.29) is 0 Å². The number of halogens is 1. The van der Waals surface area contributed by atoms with Crippen LogP contribution < -0.4 is 5.56 Å². The van der Waals surface area contributed by atoms with Crippen molar-refractivity contribution in [2.24, 2.45) is 5.11 Å². The van der Waals surface area contributed by atoms with Gasteiger partial charge >= 0.3 is 23.5 Å². The number of phosphoric ester groups is 1. The number of phosphoric acid groups is 3. The summed E-state index contributed by atoms with van der Waals surface area (Å²) < 4.78 is 65.1. The molecule has 0 aliphatic carbocycles. The third-order valence-corrected chi connectivity index (χ3v) is 7.34. The van der Waals surface area contributed by atoms with Gasteiger partial charge in [-0.05, 0) is 22.9 Å². The van der Waals surface area contributed by atoms with E-state index in [1.54, 1.807) is 0 Å². The maximum absolute atomic E-state index is 14.7. The first-order valence-corrected chi connectivity index (χ1v) is 12.2. The molecule has 3 unspecified atom stereocenters. The fourth-order valence-corrected chi connectivity index (χ4v) is 5.63. The highest BCUT2D eigenvalue weighted by atomic mass is 32.1. The van der Waals surface area contributed by atoms with Crippen LogP contribution >= 0.6 is 35.7 Å². The van der Waals surface area contributed by atoms with E-state index < -0.39 is 58.2 Å². The van der Waals surface area contributed by atoms with Gasteiger partial charge < -0.3 is 29.4 Å². The van der Waals surface area contributed by atoms with Crippen molar-refractivity contribution in [3.8, 4) is 0 Å². The summed E-state index contributed by atoms with van der Waals surface area (Å²) in [7, 11) is -17.7. The van der Waals surface area contributed by atoms with Crippen molar-refractivity contribution >= 4 is 35.7 Å². The predicted octanol–water partition coefficient (Wildman–Crippen LogP) is 0.441. The summed E-state index contributed by atoms with van der Waals surface area (Å²) in [4.78, 5) is 51.2. The van der Waals surface area contributed by atoms with Gasteiger partial charge in [-0.1, -0.05) is 0 Å². The topological polar surface area (TPSA) is 276 Å². The summed E-state index contributed by atoms with van der Waals surface area (Å²) in [6.45, 7) is 0. The number of H-pyrrole nitrogens is 1. The molecule has 0 spiro atoms. The maximum Gasteiger partial charge on any atom is 0.490 e. The molecular formula is C8H11FN5O13P3S. The number of hydrogen-bond donors (Lipinski definition) is 6. The number of aliphatic hydroxyl groups excluding tert-OH is 1. The van der Waals surface area contributed by atoms with Gasteiger partial charge in [0.2, 0.25) is 0 Å². The molecule has 31 heavy (non-hydrogen) atoms. The Balaban J connectivity index is 2.41. The molecule has 1 aliphatic heterocycles. The monoisotopic (exact) mass is 529 g/mol. The van der Waals surface area contributed by atoms with Gasteiger partial charge in [0.15, 0.2) is 23.3 Å². The molecule has 2 rings (SSSR count). The van der Waals surface area contributed by atoms with E-state index in [1.807, 2.05) is 0 Å². The molecule has 6 atom stereocenters. The minimum atomic E-state index is -6.04. The van der Waals surface area contributed by atoms with Crippen LogP contribution in [-0.2, 0) is 31.6 Å². The number of aromatic nitrogens is 2. The summed E-state index contributed by atoms with van der Waals surface area (Å²) in [5, 5.41) is 12.8. The van der Waals surface area contributed by atoms with Gasteiger partial charge in [0, 0.05) is 17.2 Å². The van der Waals surface area contributed by atoms with E-state index in [0.717, 1.165) is 12.3 Å². The Morgan fingerprint density at radius 2 is 1.90 bits per heavy atom. The molecule has 0 saturated carbocycles. The number of nitrogens with zero attached hydrogens (tertiary/aromatic N) is 4. The number of aliphatic hydroxyl groups is 1. The Morgan fingerprint density at radius 1 is 1.29 bits per heavy atom. The van der Waals surface area contributed by atoms with Crippen molar-refractivity contribution in [2.45, 2.75) is 24.4 Å². The zero-order chi connectivity index (χ0) is 23.8. The van der Waals surface area contributed by atoms with Crippen LogP contribution in [0.2, 0.25) is 0 Å². The molecule has 6 N–H and O–H groups in total. The van der Waals surface area contributed by atoms with Crippen LogP contribution in [0.1, 0.15) is 6.23 Å². The van der Waals surface area contributed by atoms with Gasteiger partial charge in [0.1, 0.15) is 0 Å². The van der Waals surface area contributed by atoms with Crippen LogP contribution in [-0.4, -0.2) is 52.4 Å². The minimum absolute atomic E-state index is 0.456. The van der Waals surface area contributed by atoms with E-state index >= 15 is 0 Å². The summed E-state index contributed by atoms with van der Waals surface area (Å²) in [6.07, 6.45) is -6.43. The van der Waals surface area contributed by atoms with Crippen molar-refractivity contribution in [2.75, 3.05) is 0 Å². The Kier molecular flexibility index (Phi) is 7.44. The zero-order valence-corrected chi connectivity index (χ0v) is 17.8. The maximum atomic E-state index is 14.7. The summed E-state index contributed by atoms with van der Waals surface area (Å²) in [5.41, 5.74) is 7.97. The van der Waals surface area contributed by atoms with E-state index in [0.29, 0.717) is 4.57 Å². The van der Waals surface area contributed by atoms with E-state index in [4.69, 9.17) is 37.2 Å². The Hall–Kier alpha value is -1.33. The molecule has 174 valence electrons. The first kappa shape index (κ1) is 25.9. The van der Waals surface area contributed by atoms with Crippen molar-refractivity contribution in [1.29, 1.82) is 0 Å². The van der Waals surface area contributed by atoms with E-state index in [1.165, 1.54) is 0 Å². The summed E-state index contributed by atoms with van der Waals surface area (Å²) in [6, 6.07) is 0.855. The van der Waals surface area contributed by atoms with Crippen LogP contribution in [0, 0.1) is 4.77 Å². The lowest BCUT2D eigenvalue weighted by Gasteiger charge is -2.28. The predicted molar refractivity (Wildman–Crippen MR) is 93.7 cm³/mol. The van der Waals surface area contributed by atoms with Gasteiger partial charge in [0.05, 0.1) is 0 Å². The third kappa shape index (κ3) is 6.35. The van der Waals surface area contributed by atoms with Crippen molar-refractivity contribution < 1.29 is 60.6 Å². The smallest absolute Gasteiger partial charge is 0.384 e. The highest BCUT2D eigenvalue weighted by Crippen LogP contribution is 2.68. The SMILES string of the molecule is [N-]=[N+]=N[C@]1(OP(=O)(O)OP(=O)(O)OP(=O)(O)O)O[C@@H](n2ccc(=O)[nH]c2=S)C(F)[C@H]1O. The van der Waals surface area contributed by atoms with Gasteiger partial charge in [-0.25, -0.2) is 22.6 Å². The van der Waals surface area contributed by atoms with Crippen LogP contribution in [0.4, 0.5) is 4.39 Å². The van der Waals surface area contributed by atoms with Crippen LogP contribution in [0.3, 0.4) is 0 Å². The number of alkyl halides is 1. The molecule has 2 heterocycles. The van der Waals surface area contributed by atoms with Gasteiger partial charge in [0.25, 0.3) is 11.5 Å². The Bertz CT molecular complexity index is 1160. The fraction of sp³-hybridized carbons (Fsp3) is 0.500. The summed E-state index contributed by atoms with van der Waals surface area (Å²) in [5.74, 6) is -3.42. The molecule has 1 aromatic heterocycles. The molecule has 0 amide bonds. The number of ether oxygens (including phenoxy) is 1. The molecule has 0 bridgehead atoms. The summed E-state index contributed by atoms with van der Waals surface area (Å²) >= 11 is 4.78. The van der Waals surface area contributed by atoms with E-state index in [2.05, 4.69) is 28.2 Å². The first-order chi connectivity index (χ1) is 14.0.